The molecule has 1 N–H and O–H groups in total. The van der Waals surface area contributed by atoms with Gasteiger partial charge in [0.05, 0.1) is 23.3 Å². The second kappa shape index (κ2) is 5.19. The van der Waals surface area contributed by atoms with Gasteiger partial charge in [0.15, 0.2) is 0 Å². The van der Waals surface area contributed by atoms with E-state index in [1.165, 1.54) is 0 Å². The molecular formula is C13H14BrN3. The first-order valence-electron chi connectivity index (χ1n) is 5.31. The van der Waals surface area contributed by atoms with Crippen molar-refractivity contribution in [2.24, 2.45) is 0 Å². The van der Waals surface area contributed by atoms with Crippen LogP contribution in [0.5, 0.6) is 0 Å². The third-order valence-corrected chi connectivity index (χ3v) is 2.80. The Morgan fingerprint density at radius 1 is 1.18 bits per heavy atom. The fourth-order valence-electron chi connectivity index (χ4n) is 1.61. The first-order chi connectivity index (χ1) is 8.16. The van der Waals surface area contributed by atoms with Crippen LogP contribution in [-0.2, 0) is 0 Å². The first kappa shape index (κ1) is 11.9. The van der Waals surface area contributed by atoms with Crippen molar-refractivity contribution >= 4 is 33.0 Å². The Labute approximate surface area is 110 Å². The molecule has 2 rings (SSSR count). The van der Waals surface area contributed by atoms with E-state index in [0.717, 1.165) is 21.5 Å². The van der Waals surface area contributed by atoms with Gasteiger partial charge in [0.1, 0.15) is 0 Å². The van der Waals surface area contributed by atoms with E-state index in [-0.39, 0.29) is 0 Å². The van der Waals surface area contributed by atoms with Crippen LogP contribution in [0, 0.1) is 0 Å². The molecule has 1 aromatic heterocycles. The molecule has 0 fully saturated rings. The zero-order valence-corrected chi connectivity index (χ0v) is 11.4. The summed E-state index contributed by atoms with van der Waals surface area (Å²) in [5.41, 5.74) is 3.18. The van der Waals surface area contributed by atoms with Crippen molar-refractivity contribution in [1.29, 1.82) is 0 Å². The van der Waals surface area contributed by atoms with E-state index in [2.05, 4.69) is 43.3 Å². The summed E-state index contributed by atoms with van der Waals surface area (Å²) in [7, 11) is 4.05. The molecule has 0 atom stereocenters. The molecule has 1 aromatic carbocycles. The van der Waals surface area contributed by atoms with Crippen LogP contribution in [0.15, 0.2) is 47.2 Å². The molecule has 0 aliphatic rings. The van der Waals surface area contributed by atoms with Crippen molar-refractivity contribution in [2.45, 2.75) is 0 Å². The summed E-state index contributed by atoms with van der Waals surface area (Å²) in [6, 6.07) is 10.2. The summed E-state index contributed by atoms with van der Waals surface area (Å²) in [5, 5.41) is 3.36. The van der Waals surface area contributed by atoms with Crippen LogP contribution in [0.3, 0.4) is 0 Å². The smallest absolute Gasteiger partial charge is 0.0622 e. The lowest BCUT2D eigenvalue weighted by atomic mass is 10.2. The Kier molecular flexibility index (Phi) is 3.64. The lowest BCUT2D eigenvalue weighted by molar-refractivity contribution is 1.13. The van der Waals surface area contributed by atoms with Crippen LogP contribution in [0.2, 0.25) is 0 Å². The molecule has 0 unspecified atom stereocenters. The predicted octanol–water partition coefficient (Wildman–Crippen LogP) is 3.65. The molecule has 0 radical (unpaired) electrons. The highest BCUT2D eigenvalue weighted by Crippen LogP contribution is 2.27. The SMILES string of the molecule is CN(C)c1ccccc1Nc1cncc(Br)c1. The zero-order chi connectivity index (χ0) is 12.3. The largest absolute Gasteiger partial charge is 0.376 e. The van der Waals surface area contributed by atoms with Gasteiger partial charge in [0.25, 0.3) is 0 Å². The Hall–Kier alpha value is -1.55. The summed E-state index contributed by atoms with van der Waals surface area (Å²) < 4.78 is 0.963. The summed E-state index contributed by atoms with van der Waals surface area (Å²) in [6.45, 7) is 0. The molecule has 1 heterocycles. The maximum Gasteiger partial charge on any atom is 0.0622 e. The van der Waals surface area contributed by atoms with Crippen LogP contribution < -0.4 is 10.2 Å². The van der Waals surface area contributed by atoms with E-state index >= 15 is 0 Å². The van der Waals surface area contributed by atoms with Gasteiger partial charge in [-0.15, -0.1) is 0 Å². The van der Waals surface area contributed by atoms with Gasteiger partial charge >= 0.3 is 0 Å². The van der Waals surface area contributed by atoms with Crippen LogP contribution >= 0.6 is 15.9 Å². The number of anilines is 3. The highest BCUT2D eigenvalue weighted by molar-refractivity contribution is 9.10. The average molecular weight is 292 g/mol. The lowest BCUT2D eigenvalue weighted by Gasteiger charge is -2.18. The van der Waals surface area contributed by atoms with Crippen molar-refractivity contribution in [3.63, 3.8) is 0 Å². The van der Waals surface area contributed by atoms with E-state index in [1.54, 1.807) is 12.4 Å². The quantitative estimate of drug-likeness (QED) is 0.936. The monoisotopic (exact) mass is 291 g/mol. The average Bonchev–Trinajstić information content (AvgIpc) is 2.29. The Morgan fingerprint density at radius 2 is 1.94 bits per heavy atom. The number of nitrogens with one attached hydrogen (secondary N) is 1. The van der Waals surface area contributed by atoms with Crippen LogP contribution in [-0.4, -0.2) is 19.1 Å². The van der Waals surface area contributed by atoms with Crippen LogP contribution in [0.1, 0.15) is 0 Å². The topological polar surface area (TPSA) is 28.2 Å². The van der Waals surface area contributed by atoms with E-state index < -0.39 is 0 Å². The molecule has 17 heavy (non-hydrogen) atoms. The molecule has 3 nitrogen and oxygen atoms in total. The fraction of sp³-hybridized carbons (Fsp3) is 0.154. The second-order valence-electron chi connectivity index (χ2n) is 3.93. The van der Waals surface area contributed by atoms with Crippen LogP contribution in [0.25, 0.3) is 0 Å². The minimum atomic E-state index is 0.963. The fourth-order valence-corrected chi connectivity index (χ4v) is 1.97. The second-order valence-corrected chi connectivity index (χ2v) is 4.84. The third kappa shape index (κ3) is 2.97. The predicted molar refractivity (Wildman–Crippen MR) is 76.0 cm³/mol. The van der Waals surface area contributed by atoms with Gasteiger partial charge in [0.2, 0.25) is 0 Å². The van der Waals surface area contributed by atoms with E-state index in [4.69, 9.17) is 0 Å². The van der Waals surface area contributed by atoms with Gasteiger partial charge in [-0.3, -0.25) is 4.98 Å². The first-order valence-corrected chi connectivity index (χ1v) is 6.10. The molecule has 0 aliphatic heterocycles. The van der Waals surface area contributed by atoms with E-state index in [0.29, 0.717) is 0 Å². The third-order valence-electron chi connectivity index (χ3n) is 2.37. The van der Waals surface area contributed by atoms with Crippen LogP contribution in [0.4, 0.5) is 17.1 Å². The molecule has 2 aromatic rings. The highest BCUT2D eigenvalue weighted by Gasteiger charge is 2.03. The molecule has 0 amide bonds. The number of pyridine rings is 1. The van der Waals surface area contributed by atoms with Crippen molar-refractivity contribution in [1.82, 2.24) is 4.98 Å². The lowest BCUT2D eigenvalue weighted by Crippen LogP contribution is -2.10. The number of para-hydroxylation sites is 2. The highest BCUT2D eigenvalue weighted by atomic mass is 79.9. The minimum Gasteiger partial charge on any atom is -0.376 e. The van der Waals surface area contributed by atoms with Gasteiger partial charge in [-0.25, -0.2) is 0 Å². The summed E-state index contributed by atoms with van der Waals surface area (Å²) in [6.07, 6.45) is 3.57. The van der Waals surface area contributed by atoms with Crippen molar-refractivity contribution in [3.8, 4) is 0 Å². The van der Waals surface area contributed by atoms with Gasteiger partial charge in [-0.1, -0.05) is 12.1 Å². The molecule has 0 bridgehead atoms. The number of rotatable bonds is 3. The van der Waals surface area contributed by atoms with E-state index in [1.807, 2.05) is 32.3 Å². The molecule has 0 saturated heterocycles. The molecule has 0 saturated carbocycles. The number of nitrogens with zero attached hydrogens (tertiary/aromatic N) is 2. The van der Waals surface area contributed by atoms with Gasteiger partial charge in [-0.05, 0) is 34.1 Å². The maximum absolute atomic E-state index is 4.13. The Bertz CT molecular complexity index is 512. The van der Waals surface area contributed by atoms with Gasteiger partial charge in [0, 0.05) is 24.8 Å². The molecule has 0 spiro atoms. The molecule has 88 valence electrons. The van der Waals surface area contributed by atoms with Gasteiger partial charge in [-0.2, -0.15) is 0 Å². The Balaban J connectivity index is 2.30. The molecule has 4 heteroatoms. The molecular weight excluding hydrogens is 278 g/mol. The standard InChI is InChI=1S/C13H14BrN3/c1-17(2)13-6-4-3-5-12(13)16-11-7-10(14)8-15-9-11/h3-9,16H,1-2H3. The number of hydrogen-bond acceptors (Lipinski definition) is 3. The number of hydrogen-bond donors (Lipinski definition) is 1. The zero-order valence-electron chi connectivity index (χ0n) is 9.81. The Morgan fingerprint density at radius 3 is 2.65 bits per heavy atom. The molecule has 0 aliphatic carbocycles. The van der Waals surface area contributed by atoms with Crippen molar-refractivity contribution in [3.05, 3.63) is 47.2 Å². The summed E-state index contributed by atoms with van der Waals surface area (Å²) in [5.74, 6) is 0. The normalized spacial score (nSPS) is 10.1. The van der Waals surface area contributed by atoms with Gasteiger partial charge < -0.3 is 10.2 Å². The van der Waals surface area contributed by atoms with Crippen molar-refractivity contribution in [2.75, 3.05) is 24.3 Å². The summed E-state index contributed by atoms with van der Waals surface area (Å²) >= 11 is 3.41. The number of halogens is 1. The van der Waals surface area contributed by atoms with Crippen molar-refractivity contribution < 1.29 is 0 Å². The maximum atomic E-state index is 4.13. The number of aromatic nitrogens is 1. The van der Waals surface area contributed by atoms with E-state index in [9.17, 15) is 0 Å². The number of benzene rings is 1. The minimum absolute atomic E-state index is 0.963. The summed E-state index contributed by atoms with van der Waals surface area (Å²) in [4.78, 5) is 6.21.